The first-order valence-electron chi connectivity index (χ1n) is 8.62. The summed E-state index contributed by atoms with van der Waals surface area (Å²) in [7, 11) is 0. The predicted octanol–water partition coefficient (Wildman–Crippen LogP) is 3.29. The summed E-state index contributed by atoms with van der Waals surface area (Å²) in [6.07, 6.45) is 9.45. The molecular weight excluding hydrogens is 286 g/mol. The molecule has 23 heavy (non-hydrogen) atoms. The summed E-state index contributed by atoms with van der Waals surface area (Å²) in [4.78, 5) is 2.21. The van der Waals surface area contributed by atoms with Crippen LogP contribution in [0.2, 0.25) is 0 Å². The molecule has 1 saturated heterocycles. The van der Waals surface area contributed by atoms with E-state index in [0.29, 0.717) is 5.92 Å². The fraction of sp³-hybridized carbons (Fsp3) is 0.526. The molecule has 0 saturated carbocycles. The lowest BCUT2D eigenvalue weighted by Crippen LogP contribution is -2.36. The summed E-state index contributed by atoms with van der Waals surface area (Å²) in [5, 5.41) is 22.6. The number of benzene rings is 1. The molecule has 0 aromatic heterocycles. The minimum absolute atomic E-state index is 0.192. The lowest BCUT2D eigenvalue weighted by molar-refractivity contribution is 0.145. The average molecular weight is 311 g/mol. The zero-order valence-corrected chi connectivity index (χ0v) is 13.5. The molecule has 1 atom stereocenters. The third-order valence-electron chi connectivity index (χ3n) is 4.89. The summed E-state index contributed by atoms with van der Waals surface area (Å²) >= 11 is 0. The second-order valence-corrected chi connectivity index (χ2v) is 6.59. The highest BCUT2D eigenvalue weighted by atomic mass is 16.3. The molecule has 4 heteroatoms. The summed E-state index contributed by atoms with van der Waals surface area (Å²) in [5.41, 5.74) is 2.73. The van der Waals surface area contributed by atoms with Gasteiger partial charge in [-0.3, -0.25) is 0 Å². The predicted molar refractivity (Wildman–Crippen MR) is 93.6 cm³/mol. The Morgan fingerprint density at radius 3 is 2.74 bits per heavy atom. The Morgan fingerprint density at radius 2 is 2.04 bits per heavy atom. The van der Waals surface area contributed by atoms with E-state index in [1.807, 2.05) is 12.1 Å². The lowest BCUT2D eigenvalue weighted by atomic mass is 9.94. The van der Waals surface area contributed by atoms with Crippen LogP contribution in [-0.4, -0.2) is 30.8 Å². The molecule has 1 aliphatic heterocycles. The quantitative estimate of drug-likeness (QED) is 0.838. The largest absolute Gasteiger partial charge is 0.393 e. The standard InChI is InChI=1S/C19H25N3O/c20-13-16-12-17(21-14-15-4-2-1-3-5-15)6-7-19(16)22-10-8-18(23)9-11-22/h1-2,6-7,12,15,18,21,23H,3-5,8-11,14H2/t15-/m0/s1. The Morgan fingerprint density at radius 1 is 1.22 bits per heavy atom. The van der Waals surface area contributed by atoms with Gasteiger partial charge in [-0.25, -0.2) is 0 Å². The molecule has 1 heterocycles. The highest BCUT2D eigenvalue weighted by molar-refractivity contribution is 5.65. The first-order chi connectivity index (χ1) is 11.3. The first-order valence-corrected chi connectivity index (χ1v) is 8.62. The molecule has 1 aromatic rings. The van der Waals surface area contributed by atoms with Crippen molar-refractivity contribution in [3.8, 4) is 6.07 Å². The molecule has 122 valence electrons. The molecule has 0 bridgehead atoms. The van der Waals surface area contributed by atoms with Crippen LogP contribution < -0.4 is 10.2 Å². The van der Waals surface area contributed by atoms with Crippen molar-refractivity contribution >= 4 is 11.4 Å². The highest BCUT2D eigenvalue weighted by Crippen LogP contribution is 2.27. The van der Waals surface area contributed by atoms with Crippen molar-refractivity contribution in [3.05, 3.63) is 35.9 Å². The van der Waals surface area contributed by atoms with Gasteiger partial charge >= 0.3 is 0 Å². The van der Waals surface area contributed by atoms with Gasteiger partial charge in [0.25, 0.3) is 0 Å². The summed E-state index contributed by atoms with van der Waals surface area (Å²) < 4.78 is 0. The summed E-state index contributed by atoms with van der Waals surface area (Å²) in [5.74, 6) is 0.689. The van der Waals surface area contributed by atoms with E-state index in [-0.39, 0.29) is 6.10 Å². The van der Waals surface area contributed by atoms with Crippen molar-refractivity contribution in [3.63, 3.8) is 0 Å². The zero-order valence-electron chi connectivity index (χ0n) is 13.5. The lowest BCUT2D eigenvalue weighted by Gasteiger charge is -2.32. The number of nitrogens with zero attached hydrogens (tertiary/aromatic N) is 2. The van der Waals surface area contributed by atoms with Crippen LogP contribution >= 0.6 is 0 Å². The van der Waals surface area contributed by atoms with E-state index in [2.05, 4.69) is 34.5 Å². The minimum Gasteiger partial charge on any atom is -0.393 e. The van der Waals surface area contributed by atoms with Crippen LogP contribution in [0.3, 0.4) is 0 Å². The Bertz CT molecular complexity index is 597. The molecule has 4 nitrogen and oxygen atoms in total. The van der Waals surface area contributed by atoms with Gasteiger partial charge in [-0.05, 0) is 56.2 Å². The van der Waals surface area contributed by atoms with Crippen molar-refractivity contribution in [1.82, 2.24) is 0 Å². The van der Waals surface area contributed by atoms with Crippen LogP contribution in [0.1, 0.15) is 37.7 Å². The van der Waals surface area contributed by atoms with Gasteiger partial charge in [0, 0.05) is 25.3 Å². The topological polar surface area (TPSA) is 59.3 Å². The van der Waals surface area contributed by atoms with Gasteiger partial charge in [0.1, 0.15) is 6.07 Å². The van der Waals surface area contributed by atoms with Crippen molar-refractivity contribution in [2.45, 2.75) is 38.2 Å². The Labute approximate surface area is 138 Å². The van der Waals surface area contributed by atoms with E-state index in [4.69, 9.17) is 0 Å². The number of nitrogens with one attached hydrogen (secondary N) is 1. The summed E-state index contributed by atoms with van der Waals surface area (Å²) in [6.45, 7) is 2.60. The van der Waals surface area contributed by atoms with Crippen molar-refractivity contribution in [1.29, 1.82) is 5.26 Å². The maximum atomic E-state index is 9.63. The monoisotopic (exact) mass is 311 g/mol. The fourth-order valence-corrected chi connectivity index (χ4v) is 3.42. The van der Waals surface area contributed by atoms with Crippen LogP contribution in [0.15, 0.2) is 30.4 Å². The Balaban J connectivity index is 1.64. The van der Waals surface area contributed by atoms with Gasteiger partial charge in [-0.1, -0.05) is 12.2 Å². The number of rotatable bonds is 4. The van der Waals surface area contributed by atoms with E-state index >= 15 is 0 Å². The van der Waals surface area contributed by atoms with Gasteiger partial charge in [-0.2, -0.15) is 5.26 Å². The Hall–Kier alpha value is -1.99. The summed E-state index contributed by atoms with van der Waals surface area (Å²) in [6, 6.07) is 8.39. The van der Waals surface area contributed by atoms with E-state index in [1.165, 1.54) is 12.8 Å². The van der Waals surface area contributed by atoms with Crippen LogP contribution in [-0.2, 0) is 0 Å². The molecule has 1 aliphatic carbocycles. The van der Waals surface area contributed by atoms with Crippen molar-refractivity contribution in [2.75, 3.05) is 29.9 Å². The van der Waals surface area contributed by atoms with Gasteiger partial charge in [0.2, 0.25) is 0 Å². The smallest absolute Gasteiger partial charge is 0.101 e. The number of hydrogen-bond donors (Lipinski definition) is 2. The number of aliphatic hydroxyl groups excluding tert-OH is 1. The molecular formula is C19H25N3O. The normalized spacial score (nSPS) is 21.9. The van der Waals surface area contributed by atoms with Crippen molar-refractivity contribution < 1.29 is 5.11 Å². The van der Waals surface area contributed by atoms with Gasteiger partial charge < -0.3 is 15.3 Å². The van der Waals surface area contributed by atoms with Crippen LogP contribution in [0.5, 0.6) is 0 Å². The van der Waals surface area contributed by atoms with Crippen LogP contribution in [0.4, 0.5) is 11.4 Å². The number of allylic oxidation sites excluding steroid dienone is 2. The minimum atomic E-state index is -0.192. The number of hydrogen-bond acceptors (Lipinski definition) is 4. The fourth-order valence-electron chi connectivity index (χ4n) is 3.42. The third kappa shape index (κ3) is 4.05. The molecule has 1 fully saturated rings. The van der Waals surface area contributed by atoms with Crippen LogP contribution in [0.25, 0.3) is 0 Å². The second kappa shape index (κ2) is 7.52. The van der Waals surface area contributed by atoms with Gasteiger partial charge in [-0.15, -0.1) is 0 Å². The van der Waals surface area contributed by atoms with Gasteiger partial charge in [0.15, 0.2) is 0 Å². The molecule has 0 spiro atoms. The molecule has 0 unspecified atom stereocenters. The maximum Gasteiger partial charge on any atom is 0.101 e. The van der Waals surface area contributed by atoms with E-state index in [0.717, 1.165) is 55.8 Å². The molecule has 2 N–H and O–H groups in total. The molecule has 0 radical (unpaired) electrons. The average Bonchev–Trinajstić information content (AvgIpc) is 2.61. The Kier molecular flexibility index (Phi) is 5.19. The highest BCUT2D eigenvalue weighted by Gasteiger charge is 2.19. The number of anilines is 2. The molecule has 3 rings (SSSR count). The number of nitriles is 1. The van der Waals surface area contributed by atoms with Gasteiger partial charge in [0.05, 0.1) is 17.4 Å². The first kappa shape index (κ1) is 15.9. The SMILES string of the molecule is N#Cc1cc(NC[C@H]2CC=CCC2)ccc1N1CCC(O)CC1. The van der Waals surface area contributed by atoms with E-state index in [9.17, 15) is 10.4 Å². The van der Waals surface area contributed by atoms with E-state index < -0.39 is 0 Å². The number of piperidine rings is 1. The second-order valence-electron chi connectivity index (χ2n) is 6.59. The van der Waals surface area contributed by atoms with Crippen molar-refractivity contribution in [2.24, 2.45) is 5.92 Å². The number of aliphatic hydroxyl groups is 1. The van der Waals surface area contributed by atoms with E-state index in [1.54, 1.807) is 0 Å². The van der Waals surface area contributed by atoms with Crippen LogP contribution in [0, 0.1) is 17.2 Å². The molecule has 1 aromatic carbocycles. The molecule has 0 amide bonds. The maximum absolute atomic E-state index is 9.63. The zero-order chi connectivity index (χ0) is 16.1. The molecule has 2 aliphatic rings. The third-order valence-corrected chi connectivity index (χ3v) is 4.89.